The number of hydrogen-bond donors (Lipinski definition) is 2. The molecule has 1 aliphatic rings. The molecule has 1 atom stereocenters. The van der Waals surface area contributed by atoms with Crippen LogP contribution in [0, 0.1) is 5.92 Å². The zero-order valence-electron chi connectivity index (χ0n) is 13.4. The highest BCUT2D eigenvalue weighted by Crippen LogP contribution is 2.22. The number of nitrogens with zero attached hydrogens (tertiary/aromatic N) is 1. The Hall–Kier alpha value is -0.910. The monoisotopic (exact) mass is 367 g/mol. The summed E-state index contributed by atoms with van der Waals surface area (Å²) in [7, 11) is 2.00. The normalized spacial score (nSPS) is 18.1. The second-order valence-electron chi connectivity index (χ2n) is 6.05. The van der Waals surface area contributed by atoms with E-state index in [4.69, 9.17) is 0 Å². The van der Waals surface area contributed by atoms with Crippen molar-refractivity contribution >= 4 is 27.5 Å². The van der Waals surface area contributed by atoms with Crippen molar-refractivity contribution in [2.24, 2.45) is 5.92 Å². The standard InChI is InChI=1S/C17H26BrN3O/c1-13(17(22)20-16-5-3-4-15(18)12-16)21-10-7-14(8-11-21)6-9-19-2/h3-5,12-14,19H,6-11H2,1-2H3,(H,20,22). The highest BCUT2D eigenvalue weighted by molar-refractivity contribution is 9.10. The molecule has 1 fully saturated rings. The molecule has 2 N–H and O–H groups in total. The van der Waals surface area contributed by atoms with Crippen LogP contribution in [0.15, 0.2) is 28.7 Å². The first-order valence-electron chi connectivity index (χ1n) is 8.05. The minimum absolute atomic E-state index is 0.0757. The Morgan fingerprint density at radius 3 is 2.77 bits per heavy atom. The Bertz CT molecular complexity index is 487. The molecule has 0 aliphatic carbocycles. The summed E-state index contributed by atoms with van der Waals surface area (Å²) >= 11 is 3.43. The number of piperidine rings is 1. The van der Waals surface area contributed by atoms with Gasteiger partial charge in [0, 0.05) is 10.2 Å². The summed E-state index contributed by atoms with van der Waals surface area (Å²) in [4.78, 5) is 14.7. The van der Waals surface area contributed by atoms with Gasteiger partial charge in [-0.1, -0.05) is 22.0 Å². The summed E-state index contributed by atoms with van der Waals surface area (Å²) in [5.74, 6) is 0.871. The van der Waals surface area contributed by atoms with E-state index in [2.05, 4.69) is 31.5 Å². The number of halogens is 1. The van der Waals surface area contributed by atoms with E-state index in [1.165, 1.54) is 19.3 Å². The predicted octanol–water partition coefficient (Wildman–Crippen LogP) is 3.10. The summed E-state index contributed by atoms with van der Waals surface area (Å²) < 4.78 is 0.975. The van der Waals surface area contributed by atoms with Crippen molar-refractivity contribution in [2.75, 3.05) is 32.0 Å². The van der Waals surface area contributed by atoms with Crippen LogP contribution in [0.2, 0.25) is 0 Å². The number of amides is 1. The van der Waals surface area contributed by atoms with E-state index in [-0.39, 0.29) is 11.9 Å². The SMILES string of the molecule is CNCCC1CCN(C(C)C(=O)Nc2cccc(Br)c2)CC1. The third kappa shape index (κ3) is 5.07. The van der Waals surface area contributed by atoms with Crippen LogP contribution in [0.1, 0.15) is 26.2 Å². The van der Waals surface area contributed by atoms with E-state index >= 15 is 0 Å². The van der Waals surface area contributed by atoms with Crippen LogP contribution in [-0.4, -0.2) is 43.5 Å². The molecule has 4 nitrogen and oxygen atoms in total. The number of rotatable bonds is 6. The van der Waals surface area contributed by atoms with E-state index in [1.807, 2.05) is 38.2 Å². The topological polar surface area (TPSA) is 44.4 Å². The lowest BCUT2D eigenvalue weighted by molar-refractivity contribution is -0.121. The Morgan fingerprint density at radius 1 is 1.41 bits per heavy atom. The van der Waals surface area contributed by atoms with Gasteiger partial charge in [-0.05, 0) is 77.0 Å². The lowest BCUT2D eigenvalue weighted by atomic mass is 9.93. The quantitative estimate of drug-likeness (QED) is 0.811. The molecule has 1 unspecified atom stereocenters. The molecule has 0 bridgehead atoms. The van der Waals surface area contributed by atoms with E-state index in [1.54, 1.807) is 0 Å². The summed E-state index contributed by atoms with van der Waals surface area (Å²) in [6.45, 7) is 5.12. The Balaban J connectivity index is 1.81. The molecule has 0 saturated carbocycles. The Morgan fingerprint density at radius 2 is 2.14 bits per heavy atom. The molecule has 122 valence electrons. The maximum atomic E-state index is 12.4. The van der Waals surface area contributed by atoms with Crippen LogP contribution in [-0.2, 0) is 4.79 Å². The van der Waals surface area contributed by atoms with E-state index in [0.717, 1.165) is 35.7 Å². The van der Waals surface area contributed by atoms with Gasteiger partial charge >= 0.3 is 0 Å². The number of anilines is 1. The van der Waals surface area contributed by atoms with Crippen LogP contribution in [0.3, 0.4) is 0 Å². The van der Waals surface area contributed by atoms with Gasteiger partial charge in [0.25, 0.3) is 0 Å². The molecule has 5 heteroatoms. The number of hydrogen-bond acceptors (Lipinski definition) is 3. The van der Waals surface area contributed by atoms with Gasteiger partial charge in [-0.2, -0.15) is 0 Å². The van der Waals surface area contributed by atoms with Crippen LogP contribution in [0.5, 0.6) is 0 Å². The maximum absolute atomic E-state index is 12.4. The van der Waals surface area contributed by atoms with Gasteiger partial charge in [0.2, 0.25) is 5.91 Å². The average Bonchev–Trinajstić information content (AvgIpc) is 2.52. The molecular formula is C17H26BrN3O. The largest absolute Gasteiger partial charge is 0.325 e. The van der Waals surface area contributed by atoms with Gasteiger partial charge in [-0.15, -0.1) is 0 Å². The highest BCUT2D eigenvalue weighted by atomic mass is 79.9. The van der Waals surface area contributed by atoms with Crippen molar-refractivity contribution in [3.05, 3.63) is 28.7 Å². The predicted molar refractivity (Wildman–Crippen MR) is 95.1 cm³/mol. The molecule has 0 radical (unpaired) electrons. The fourth-order valence-corrected chi connectivity index (χ4v) is 3.36. The molecule has 1 saturated heterocycles. The van der Waals surface area contributed by atoms with Crippen LogP contribution >= 0.6 is 15.9 Å². The second-order valence-corrected chi connectivity index (χ2v) is 6.96. The van der Waals surface area contributed by atoms with Crippen LogP contribution in [0.25, 0.3) is 0 Å². The third-order valence-corrected chi connectivity index (χ3v) is 4.96. The maximum Gasteiger partial charge on any atom is 0.241 e. The minimum atomic E-state index is -0.0794. The van der Waals surface area contributed by atoms with Crippen LogP contribution in [0.4, 0.5) is 5.69 Å². The zero-order chi connectivity index (χ0) is 15.9. The second kappa shape index (κ2) is 8.65. The number of likely N-dealkylation sites (tertiary alicyclic amines) is 1. The first-order chi connectivity index (χ1) is 10.6. The molecule has 2 rings (SSSR count). The number of benzene rings is 1. The average molecular weight is 368 g/mol. The third-order valence-electron chi connectivity index (χ3n) is 4.47. The van der Waals surface area contributed by atoms with E-state index < -0.39 is 0 Å². The zero-order valence-corrected chi connectivity index (χ0v) is 15.0. The summed E-state index contributed by atoms with van der Waals surface area (Å²) in [6, 6.07) is 7.64. The van der Waals surface area contributed by atoms with Gasteiger partial charge in [-0.25, -0.2) is 0 Å². The fourth-order valence-electron chi connectivity index (χ4n) is 2.96. The van der Waals surface area contributed by atoms with Crippen molar-refractivity contribution < 1.29 is 4.79 Å². The van der Waals surface area contributed by atoms with Crippen molar-refractivity contribution in [1.82, 2.24) is 10.2 Å². The van der Waals surface area contributed by atoms with Gasteiger partial charge in [0.15, 0.2) is 0 Å². The highest BCUT2D eigenvalue weighted by Gasteiger charge is 2.26. The van der Waals surface area contributed by atoms with Gasteiger partial charge < -0.3 is 10.6 Å². The molecule has 1 heterocycles. The smallest absolute Gasteiger partial charge is 0.241 e. The fraction of sp³-hybridized carbons (Fsp3) is 0.588. The van der Waals surface area contributed by atoms with E-state index in [0.29, 0.717) is 0 Å². The van der Waals surface area contributed by atoms with E-state index in [9.17, 15) is 4.79 Å². The number of carbonyl (C=O) groups excluding carboxylic acids is 1. The number of nitrogens with one attached hydrogen (secondary N) is 2. The van der Waals surface area contributed by atoms with Crippen molar-refractivity contribution in [2.45, 2.75) is 32.2 Å². The lowest BCUT2D eigenvalue weighted by Crippen LogP contribution is -2.46. The van der Waals surface area contributed by atoms with Gasteiger partial charge in [-0.3, -0.25) is 9.69 Å². The summed E-state index contributed by atoms with van der Waals surface area (Å²) in [5.41, 5.74) is 0.843. The van der Waals surface area contributed by atoms with Gasteiger partial charge in [0.1, 0.15) is 0 Å². The molecule has 1 aromatic rings. The summed E-state index contributed by atoms with van der Waals surface area (Å²) in [5, 5.41) is 6.22. The molecule has 22 heavy (non-hydrogen) atoms. The van der Waals surface area contributed by atoms with Crippen molar-refractivity contribution in [3.63, 3.8) is 0 Å². The van der Waals surface area contributed by atoms with Gasteiger partial charge in [0.05, 0.1) is 6.04 Å². The molecule has 1 aromatic carbocycles. The van der Waals surface area contributed by atoms with Crippen LogP contribution < -0.4 is 10.6 Å². The minimum Gasteiger partial charge on any atom is -0.325 e. The lowest BCUT2D eigenvalue weighted by Gasteiger charge is -2.35. The molecule has 1 aliphatic heterocycles. The Labute approximate surface area is 141 Å². The Kier molecular flexibility index (Phi) is 6.86. The first-order valence-corrected chi connectivity index (χ1v) is 8.84. The molecule has 1 amide bonds. The van der Waals surface area contributed by atoms with Crippen molar-refractivity contribution in [3.8, 4) is 0 Å². The molecule has 0 spiro atoms. The number of carbonyl (C=O) groups is 1. The first kappa shape index (κ1) is 17.4. The van der Waals surface area contributed by atoms with Crippen molar-refractivity contribution in [1.29, 1.82) is 0 Å². The molecular weight excluding hydrogens is 342 g/mol. The molecule has 0 aromatic heterocycles. The summed E-state index contributed by atoms with van der Waals surface area (Å²) in [6.07, 6.45) is 3.62.